The van der Waals surface area contributed by atoms with Gasteiger partial charge in [-0.3, -0.25) is 0 Å². The highest BCUT2D eigenvalue weighted by molar-refractivity contribution is 6.31. The van der Waals surface area contributed by atoms with Gasteiger partial charge in [0.1, 0.15) is 6.29 Å². The third-order valence-electron chi connectivity index (χ3n) is 2.84. The molecule has 0 saturated heterocycles. The summed E-state index contributed by atoms with van der Waals surface area (Å²) in [5.74, 6) is 0. The summed E-state index contributed by atoms with van der Waals surface area (Å²) in [6, 6.07) is 11.8. The minimum atomic E-state index is -0.437. The summed E-state index contributed by atoms with van der Waals surface area (Å²) < 4.78 is 0. The fourth-order valence-electron chi connectivity index (χ4n) is 1.69. The van der Waals surface area contributed by atoms with Crippen molar-refractivity contribution in [1.29, 1.82) is 0 Å². The van der Waals surface area contributed by atoms with Gasteiger partial charge in [-0.2, -0.15) is 0 Å². The number of hydrogen-bond acceptors (Lipinski definition) is 1. The highest BCUT2D eigenvalue weighted by atomic mass is 35.5. The SMILES string of the molecule is CC(C)(C=O)c1ccc2cc(Cl)ccc2c1. The standard InChI is InChI=1S/C14H13ClO/c1-14(2,9-16)12-5-3-11-8-13(15)6-4-10(11)7-12/h3-9H,1-2H3. The van der Waals surface area contributed by atoms with Gasteiger partial charge in [0.25, 0.3) is 0 Å². The van der Waals surface area contributed by atoms with Crippen molar-refractivity contribution in [3.8, 4) is 0 Å². The van der Waals surface area contributed by atoms with Crippen LogP contribution in [0.3, 0.4) is 0 Å². The maximum absolute atomic E-state index is 11.0. The average Bonchev–Trinajstić information content (AvgIpc) is 2.28. The first-order valence-corrected chi connectivity index (χ1v) is 5.57. The largest absolute Gasteiger partial charge is 0.302 e. The van der Waals surface area contributed by atoms with Gasteiger partial charge in [0, 0.05) is 10.4 Å². The zero-order valence-electron chi connectivity index (χ0n) is 9.33. The van der Waals surface area contributed by atoms with E-state index in [0.717, 1.165) is 27.6 Å². The maximum Gasteiger partial charge on any atom is 0.129 e. The number of halogens is 1. The topological polar surface area (TPSA) is 17.1 Å². The van der Waals surface area contributed by atoms with Gasteiger partial charge < -0.3 is 4.79 Å². The lowest BCUT2D eigenvalue weighted by molar-refractivity contribution is -0.111. The van der Waals surface area contributed by atoms with Crippen molar-refractivity contribution in [3.05, 3.63) is 47.0 Å². The highest BCUT2D eigenvalue weighted by Crippen LogP contribution is 2.26. The summed E-state index contributed by atoms with van der Waals surface area (Å²) in [6.07, 6.45) is 0.976. The molecule has 0 aliphatic rings. The first-order valence-electron chi connectivity index (χ1n) is 5.19. The van der Waals surface area contributed by atoms with Crippen molar-refractivity contribution in [1.82, 2.24) is 0 Å². The van der Waals surface area contributed by atoms with Crippen LogP contribution >= 0.6 is 11.6 Å². The lowest BCUT2D eigenvalue weighted by atomic mass is 9.85. The van der Waals surface area contributed by atoms with Gasteiger partial charge in [-0.1, -0.05) is 35.9 Å². The molecule has 0 unspecified atom stereocenters. The highest BCUT2D eigenvalue weighted by Gasteiger charge is 2.19. The van der Waals surface area contributed by atoms with Gasteiger partial charge in [-0.25, -0.2) is 0 Å². The minimum absolute atomic E-state index is 0.437. The predicted octanol–water partition coefficient (Wildman–Crippen LogP) is 3.97. The zero-order valence-corrected chi connectivity index (χ0v) is 10.1. The molecule has 0 amide bonds. The van der Waals surface area contributed by atoms with Crippen LogP contribution in [0.5, 0.6) is 0 Å². The van der Waals surface area contributed by atoms with Gasteiger partial charge >= 0.3 is 0 Å². The Morgan fingerprint density at radius 3 is 2.38 bits per heavy atom. The number of carbonyl (C=O) groups is 1. The van der Waals surface area contributed by atoms with E-state index in [0.29, 0.717) is 0 Å². The Bertz CT molecular complexity index is 543. The Balaban J connectivity index is 2.61. The molecule has 0 heterocycles. The predicted molar refractivity (Wildman–Crippen MR) is 68.0 cm³/mol. The van der Waals surface area contributed by atoms with Crippen LogP contribution in [0.1, 0.15) is 19.4 Å². The van der Waals surface area contributed by atoms with Crippen LogP contribution in [0.25, 0.3) is 10.8 Å². The molecule has 0 atom stereocenters. The van der Waals surface area contributed by atoms with Gasteiger partial charge in [-0.15, -0.1) is 0 Å². The number of carbonyl (C=O) groups excluding carboxylic acids is 1. The van der Waals surface area contributed by atoms with Crippen molar-refractivity contribution >= 4 is 28.7 Å². The monoisotopic (exact) mass is 232 g/mol. The first kappa shape index (κ1) is 11.2. The smallest absolute Gasteiger partial charge is 0.129 e. The van der Waals surface area contributed by atoms with Crippen LogP contribution < -0.4 is 0 Å². The van der Waals surface area contributed by atoms with E-state index in [-0.39, 0.29) is 0 Å². The number of benzene rings is 2. The summed E-state index contributed by atoms with van der Waals surface area (Å²) >= 11 is 5.92. The molecule has 82 valence electrons. The van der Waals surface area contributed by atoms with Gasteiger partial charge in [0.05, 0.1) is 0 Å². The Hall–Kier alpha value is -1.34. The molecule has 2 rings (SSSR count). The molecule has 0 fully saturated rings. The third-order valence-corrected chi connectivity index (χ3v) is 3.08. The molecule has 0 bridgehead atoms. The lowest BCUT2D eigenvalue weighted by Crippen LogP contribution is -2.18. The van der Waals surface area contributed by atoms with E-state index in [1.165, 1.54) is 0 Å². The van der Waals surface area contributed by atoms with Gasteiger partial charge in [0.15, 0.2) is 0 Å². The molecule has 0 spiro atoms. The summed E-state index contributed by atoms with van der Waals surface area (Å²) in [4.78, 5) is 11.0. The van der Waals surface area contributed by atoms with Crippen LogP contribution in [0.2, 0.25) is 5.02 Å². The fourth-order valence-corrected chi connectivity index (χ4v) is 1.87. The summed E-state index contributed by atoms with van der Waals surface area (Å²) in [5, 5.41) is 2.93. The molecule has 0 saturated carbocycles. The zero-order chi connectivity index (χ0) is 11.8. The second-order valence-electron chi connectivity index (χ2n) is 4.55. The van der Waals surface area contributed by atoms with E-state index in [2.05, 4.69) is 0 Å². The number of rotatable bonds is 2. The van der Waals surface area contributed by atoms with Crippen LogP contribution in [0.15, 0.2) is 36.4 Å². The van der Waals surface area contributed by atoms with Gasteiger partial charge in [0.2, 0.25) is 0 Å². The van der Waals surface area contributed by atoms with E-state index in [9.17, 15) is 4.79 Å². The molecule has 16 heavy (non-hydrogen) atoms. The van der Waals surface area contributed by atoms with Crippen LogP contribution in [-0.4, -0.2) is 6.29 Å². The van der Waals surface area contributed by atoms with Crippen molar-refractivity contribution in [3.63, 3.8) is 0 Å². The Labute approximate surface area is 100 Å². The van der Waals surface area contributed by atoms with E-state index in [4.69, 9.17) is 11.6 Å². The molecule has 2 aromatic carbocycles. The van der Waals surface area contributed by atoms with Crippen LogP contribution in [-0.2, 0) is 10.2 Å². The minimum Gasteiger partial charge on any atom is -0.302 e. The van der Waals surface area contributed by atoms with E-state index >= 15 is 0 Å². The maximum atomic E-state index is 11.0. The van der Waals surface area contributed by atoms with Crippen LogP contribution in [0.4, 0.5) is 0 Å². The molecule has 0 aliphatic carbocycles. The Morgan fingerprint density at radius 2 is 1.69 bits per heavy atom. The van der Waals surface area contributed by atoms with Crippen molar-refractivity contribution in [2.45, 2.75) is 19.3 Å². The molecule has 2 heteroatoms. The number of hydrogen-bond donors (Lipinski definition) is 0. The molecule has 2 aromatic rings. The number of aldehydes is 1. The lowest BCUT2D eigenvalue weighted by Gasteiger charge is -2.17. The summed E-state index contributed by atoms with van der Waals surface area (Å²) in [6.45, 7) is 3.83. The normalized spacial score (nSPS) is 11.7. The quantitative estimate of drug-likeness (QED) is 0.716. The second-order valence-corrected chi connectivity index (χ2v) is 4.98. The van der Waals surface area contributed by atoms with E-state index in [1.807, 2.05) is 50.2 Å². The van der Waals surface area contributed by atoms with E-state index in [1.54, 1.807) is 0 Å². The van der Waals surface area contributed by atoms with Crippen molar-refractivity contribution in [2.75, 3.05) is 0 Å². The van der Waals surface area contributed by atoms with Gasteiger partial charge in [-0.05, 0) is 42.3 Å². The number of fused-ring (bicyclic) bond motifs is 1. The third kappa shape index (κ3) is 1.96. The second kappa shape index (κ2) is 3.91. The summed E-state index contributed by atoms with van der Waals surface area (Å²) in [7, 11) is 0. The Morgan fingerprint density at radius 1 is 1.06 bits per heavy atom. The fraction of sp³-hybridized carbons (Fsp3) is 0.214. The first-order chi connectivity index (χ1) is 7.53. The Kier molecular flexibility index (Phi) is 2.73. The van der Waals surface area contributed by atoms with Crippen molar-refractivity contribution in [2.24, 2.45) is 0 Å². The molecule has 0 aliphatic heterocycles. The average molecular weight is 233 g/mol. The molecule has 0 radical (unpaired) electrons. The summed E-state index contributed by atoms with van der Waals surface area (Å²) in [5.41, 5.74) is 0.589. The molecular formula is C14H13ClO. The molecule has 0 N–H and O–H groups in total. The van der Waals surface area contributed by atoms with Crippen LogP contribution in [0, 0.1) is 0 Å². The molecule has 1 nitrogen and oxygen atoms in total. The molecular weight excluding hydrogens is 220 g/mol. The van der Waals surface area contributed by atoms with Crippen molar-refractivity contribution < 1.29 is 4.79 Å². The molecule has 0 aromatic heterocycles. The van der Waals surface area contributed by atoms with E-state index < -0.39 is 5.41 Å².